The predicted octanol–water partition coefficient (Wildman–Crippen LogP) is 0.610. The molecule has 0 aliphatic heterocycles. The summed E-state index contributed by atoms with van der Waals surface area (Å²) in [7, 11) is 0. The molecule has 0 aromatic carbocycles. The van der Waals surface area contributed by atoms with Gasteiger partial charge in [0.05, 0.1) is 0 Å². The lowest BCUT2D eigenvalue weighted by Crippen LogP contribution is -2.35. The van der Waals surface area contributed by atoms with E-state index in [1.54, 1.807) is 0 Å². The van der Waals surface area contributed by atoms with Gasteiger partial charge in [0, 0.05) is 31.5 Å². The van der Waals surface area contributed by atoms with Crippen molar-refractivity contribution in [1.29, 1.82) is 0 Å². The van der Waals surface area contributed by atoms with E-state index in [4.69, 9.17) is 0 Å². The summed E-state index contributed by atoms with van der Waals surface area (Å²) in [4.78, 5) is 3.92. The van der Waals surface area contributed by atoms with E-state index in [1.165, 1.54) is 6.39 Å². The maximum Gasteiger partial charge on any atom is 0.213 e. The van der Waals surface area contributed by atoms with Crippen LogP contribution in [0.3, 0.4) is 0 Å². The standard InChI is InChI=1S/C10H19N3O2/c1-3-10(2,7-14)6-11-5-4-9-12-8-15-13-9/h8,11,14H,3-7H2,1-2H3. The van der Waals surface area contributed by atoms with Crippen molar-refractivity contribution < 1.29 is 9.63 Å². The summed E-state index contributed by atoms with van der Waals surface area (Å²) >= 11 is 0. The summed E-state index contributed by atoms with van der Waals surface area (Å²) < 4.78 is 4.63. The number of aliphatic hydroxyl groups is 1. The van der Waals surface area contributed by atoms with Crippen molar-refractivity contribution in [2.75, 3.05) is 19.7 Å². The topological polar surface area (TPSA) is 71.2 Å². The van der Waals surface area contributed by atoms with Crippen molar-refractivity contribution in [3.63, 3.8) is 0 Å². The molecule has 1 aromatic rings. The zero-order chi connectivity index (χ0) is 11.1. The fourth-order valence-electron chi connectivity index (χ4n) is 1.19. The molecule has 1 unspecified atom stereocenters. The highest BCUT2D eigenvalue weighted by Gasteiger charge is 2.19. The Morgan fingerprint density at radius 2 is 2.40 bits per heavy atom. The van der Waals surface area contributed by atoms with Gasteiger partial charge in [-0.15, -0.1) is 0 Å². The first-order valence-electron chi connectivity index (χ1n) is 5.27. The molecule has 0 aliphatic rings. The van der Waals surface area contributed by atoms with Crippen molar-refractivity contribution in [1.82, 2.24) is 15.5 Å². The number of hydrogen-bond acceptors (Lipinski definition) is 5. The molecule has 0 saturated heterocycles. The number of hydrogen-bond donors (Lipinski definition) is 2. The van der Waals surface area contributed by atoms with Gasteiger partial charge in [0.1, 0.15) is 0 Å². The van der Waals surface area contributed by atoms with Crippen LogP contribution in [0, 0.1) is 5.41 Å². The Morgan fingerprint density at radius 3 is 2.93 bits per heavy atom. The maximum atomic E-state index is 9.19. The van der Waals surface area contributed by atoms with Crippen molar-refractivity contribution in [2.24, 2.45) is 5.41 Å². The third-order valence-electron chi connectivity index (χ3n) is 2.72. The fourth-order valence-corrected chi connectivity index (χ4v) is 1.19. The Kier molecular flexibility index (Phi) is 4.71. The molecule has 0 bridgehead atoms. The lowest BCUT2D eigenvalue weighted by atomic mass is 9.89. The molecule has 1 heterocycles. The van der Waals surface area contributed by atoms with E-state index >= 15 is 0 Å². The monoisotopic (exact) mass is 213 g/mol. The largest absolute Gasteiger partial charge is 0.396 e. The Morgan fingerprint density at radius 1 is 1.60 bits per heavy atom. The molecule has 1 rings (SSSR count). The van der Waals surface area contributed by atoms with Gasteiger partial charge in [0.25, 0.3) is 0 Å². The molecule has 0 fully saturated rings. The van der Waals surface area contributed by atoms with Gasteiger partial charge < -0.3 is 14.9 Å². The van der Waals surface area contributed by atoms with Gasteiger partial charge in [-0.1, -0.05) is 19.0 Å². The van der Waals surface area contributed by atoms with E-state index in [0.717, 1.165) is 25.9 Å². The summed E-state index contributed by atoms with van der Waals surface area (Å²) in [5, 5.41) is 16.2. The molecule has 1 aromatic heterocycles. The zero-order valence-electron chi connectivity index (χ0n) is 9.36. The van der Waals surface area contributed by atoms with Gasteiger partial charge in [-0.25, -0.2) is 0 Å². The zero-order valence-corrected chi connectivity index (χ0v) is 9.36. The molecule has 0 saturated carbocycles. The van der Waals surface area contributed by atoms with E-state index in [-0.39, 0.29) is 12.0 Å². The molecular formula is C10H19N3O2. The fraction of sp³-hybridized carbons (Fsp3) is 0.800. The minimum atomic E-state index is -0.0305. The van der Waals surface area contributed by atoms with Crippen molar-refractivity contribution >= 4 is 0 Å². The van der Waals surface area contributed by atoms with E-state index in [1.807, 2.05) is 0 Å². The third-order valence-corrected chi connectivity index (χ3v) is 2.72. The number of aliphatic hydroxyl groups excluding tert-OH is 1. The first-order chi connectivity index (χ1) is 7.20. The maximum absolute atomic E-state index is 9.19. The molecule has 5 nitrogen and oxygen atoms in total. The van der Waals surface area contributed by atoms with E-state index in [0.29, 0.717) is 5.82 Å². The molecule has 5 heteroatoms. The first kappa shape index (κ1) is 12.1. The summed E-state index contributed by atoms with van der Waals surface area (Å²) in [5.74, 6) is 0.713. The quantitative estimate of drug-likeness (QED) is 0.649. The summed E-state index contributed by atoms with van der Waals surface area (Å²) in [6.07, 6.45) is 3.04. The smallest absolute Gasteiger partial charge is 0.213 e. The second-order valence-electron chi connectivity index (χ2n) is 4.10. The molecule has 0 spiro atoms. The van der Waals surface area contributed by atoms with Crippen molar-refractivity contribution in [3.05, 3.63) is 12.2 Å². The minimum Gasteiger partial charge on any atom is -0.396 e. The van der Waals surface area contributed by atoms with E-state index < -0.39 is 0 Å². The van der Waals surface area contributed by atoms with Crippen LogP contribution in [0.25, 0.3) is 0 Å². The van der Waals surface area contributed by atoms with Gasteiger partial charge in [0.2, 0.25) is 6.39 Å². The van der Waals surface area contributed by atoms with Gasteiger partial charge in [-0.05, 0) is 6.42 Å². The van der Waals surface area contributed by atoms with Crippen LogP contribution in [-0.4, -0.2) is 34.9 Å². The van der Waals surface area contributed by atoms with Crippen LogP contribution in [0.5, 0.6) is 0 Å². The average Bonchev–Trinajstić information content (AvgIpc) is 2.77. The number of nitrogens with one attached hydrogen (secondary N) is 1. The first-order valence-corrected chi connectivity index (χ1v) is 5.27. The normalized spacial score (nSPS) is 15.1. The van der Waals surface area contributed by atoms with Crippen LogP contribution in [0.2, 0.25) is 0 Å². The van der Waals surface area contributed by atoms with E-state index in [9.17, 15) is 5.11 Å². The molecular weight excluding hydrogens is 194 g/mol. The molecule has 1 atom stereocenters. The van der Waals surface area contributed by atoms with Crippen molar-refractivity contribution in [3.8, 4) is 0 Å². The van der Waals surface area contributed by atoms with Crippen LogP contribution >= 0.6 is 0 Å². The SMILES string of the molecule is CCC(C)(CO)CNCCc1ncon1. The lowest BCUT2D eigenvalue weighted by Gasteiger charge is -2.25. The van der Waals surface area contributed by atoms with Crippen LogP contribution < -0.4 is 5.32 Å². The highest BCUT2D eigenvalue weighted by molar-refractivity contribution is 4.80. The highest BCUT2D eigenvalue weighted by atomic mass is 16.5. The molecule has 15 heavy (non-hydrogen) atoms. The van der Waals surface area contributed by atoms with Crippen molar-refractivity contribution in [2.45, 2.75) is 26.7 Å². The van der Waals surface area contributed by atoms with E-state index in [2.05, 4.69) is 33.8 Å². The van der Waals surface area contributed by atoms with Gasteiger partial charge in [0.15, 0.2) is 5.82 Å². The predicted molar refractivity (Wildman–Crippen MR) is 56.4 cm³/mol. The van der Waals surface area contributed by atoms with Crippen LogP contribution in [0.4, 0.5) is 0 Å². The van der Waals surface area contributed by atoms with Crippen LogP contribution in [-0.2, 0) is 6.42 Å². The highest BCUT2D eigenvalue weighted by Crippen LogP contribution is 2.17. The van der Waals surface area contributed by atoms with Gasteiger partial charge >= 0.3 is 0 Å². The number of rotatable bonds is 7. The summed E-state index contributed by atoms with van der Waals surface area (Å²) in [6, 6.07) is 0. The Labute approximate surface area is 89.9 Å². The minimum absolute atomic E-state index is 0.0305. The average molecular weight is 213 g/mol. The van der Waals surface area contributed by atoms with Gasteiger partial charge in [-0.2, -0.15) is 4.98 Å². The summed E-state index contributed by atoms with van der Waals surface area (Å²) in [5.41, 5.74) is -0.0305. The molecule has 0 aliphatic carbocycles. The molecule has 86 valence electrons. The van der Waals surface area contributed by atoms with Gasteiger partial charge in [-0.3, -0.25) is 0 Å². The Hall–Kier alpha value is -0.940. The lowest BCUT2D eigenvalue weighted by molar-refractivity contribution is 0.136. The Bertz CT molecular complexity index is 258. The van der Waals surface area contributed by atoms with Crippen LogP contribution in [0.15, 0.2) is 10.9 Å². The Balaban J connectivity index is 2.16. The number of aromatic nitrogens is 2. The third kappa shape index (κ3) is 3.97. The molecule has 2 N–H and O–H groups in total. The molecule has 0 amide bonds. The second kappa shape index (κ2) is 5.82. The number of nitrogens with zero attached hydrogens (tertiary/aromatic N) is 2. The summed E-state index contributed by atoms with van der Waals surface area (Å²) in [6.45, 7) is 5.96. The molecule has 0 radical (unpaired) electrons. The van der Waals surface area contributed by atoms with Crippen LogP contribution in [0.1, 0.15) is 26.1 Å². The second-order valence-corrected chi connectivity index (χ2v) is 4.10.